The van der Waals surface area contributed by atoms with Gasteiger partial charge in [0.1, 0.15) is 5.82 Å². The van der Waals surface area contributed by atoms with E-state index in [9.17, 15) is 0 Å². The summed E-state index contributed by atoms with van der Waals surface area (Å²) in [4.78, 5) is 4.53. The fourth-order valence-corrected chi connectivity index (χ4v) is 3.48. The first kappa shape index (κ1) is 12.9. The predicted molar refractivity (Wildman–Crippen MR) is 84.4 cm³/mol. The minimum atomic E-state index is 0.308. The molecule has 1 aromatic carbocycles. The number of nitrogens with one attached hydrogen (secondary N) is 1. The van der Waals surface area contributed by atoms with Crippen LogP contribution in [-0.4, -0.2) is 11.0 Å². The Balaban J connectivity index is 2.02. The Bertz CT molecular complexity index is 632. The number of halogens is 1. The van der Waals surface area contributed by atoms with E-state index in [1.165, 1.54) is 10.8 Å². The molecule has 2 aromatic rings. The highest BCUT2D eigenvalue weighted by Crippen LogP contribution is 2.63. The van der Waals surface area contributed by atoms with Crippen LogP contribution < -0.4 is 5.32 Å². The minimum absolute atomic E-state index is 0.308. The summed E-state index contributed by atoms with van der Waals surface area (Å²) in [5.41, 5.74) is 0.617. The number of pyridine rings is 1. The molecule has 0 unspecified atom stereocenters. The fraction of sp³-hybridized carbons (Fsp3) is 0.438. The smallest absolute Gasteiger partial charge is 0.134 e. The molecule has 1 aliphatic carbocycles. The Morgan fingerprint density at radius 1 is 1.05 bits per heavy atom. The van der Waals surface area contributed by atoms with Gasteiger partial charge in [-0.1, -0.05) is 55.8 Å². The molecule has 1 fully saturated rings. The van der Waals surface area contributed by atoms with Crippen molar-refractivity contribution in [3.05, 3.63) is 34.9 Å². The van der Waals surface area contributed by atoms with Crippen LogP contribution in [0.4, 0.5) is 5.82 Å². The molecule has 1 aromatic heterocycles. The average Bonchev–Trinajstić information content (AvgIpc) is 2.73. The van der Waals surface area contributed by atoms with Crippen LogP contribution in [0.25, 0.3) is 10.8 Å². The average molecular weight is 319 g/mol. The molecular formula is C16H19BrN2. The lowest BCUT2D eigenvalue weighted by molar-refractivity contribution is 0.457. The number of hydrogen-bond acceptors (Lipinski definition) is 2. The molecule has 1 saturated carbocycles. The van der Waals surface area contributed by atoms with Crippen molar-refractivity contribution in [2.24, 2.45) is 10.8 Å². The number of hydrogen-bond donors (Lipinski definition) is 1. The van der Waals surface area contributed by atoms with Crippen LogP contribution >= 0.6 is 15.9 Å². The third kappa shape index (κ3) is 1.78. The molecule has 3 rings (SSSR count). The summed E-state index contributed by atoms with van der Waals surface area (Å²) >= 11 is 3.60. The molecule has 1 N–H and O–H groups in total. The lowest BCUT2D eigenvalue weighted by atomic mass is 10.0. The van der Waals surface area contributed by atoms with Gasteiger partial charge in [-0.05, 0) is 23.0 Å². The summed E-state index contributed by atoms with van der Waals surface area (Å²) in [5, 5.41) is 6.02. The summed E-state index contributed by atoms with van der Waals surface area (Å²) in [6.45, 7) is 9.24. The molecule has 0 amide bonds. The molecule has 1 aliphatic rings. The van der Waals surface area contributed by atoms with E-state index in [0.717, 1.165) is 10.3 Å². The number of rotatable bonds is 2. The van der Waals surface area contributed by atoms with Gasteiger partial charge in [0.05, 0.1) is 0 Å². The summed E-state index contributed by atoms with van der Waals surface area (Å²) < 4.78 is 1.12. The first-order chi connectivity index (χ1) is 8.85. The number of anilines is 1. The monoisotopic (exact) mass is 318 g/mol. The molecule has 0 atom stereocenters. The van der Waals surface area contributed by atoms with E-state index in [-0.39, 0.29) is 0 Å². The zero-order chi connectivity index (χ0) is 13.8. The number of nitrogens with zero attached hydrogens (tertiary/aromatic N) is 1. The summed E-state index contributed by atoms with van der Waals surface area (Å²) in [6.07, 6.45) is 1.87. The zero-order valence-corrected chi connectivity index (χ0v) is 13.4. The summed E-state index contributed by atoms with van der Waals surface area (Å²) in [6, 6.07) is 8.77. The van der Waals surface area contributed by atoms with Crippen molar-refractivity contribution in [3.63, 3.8) is 0 Å². The van der Waals surface area contributed by atoms with Gasteiger partial charge in [0.15, 0.2) is 0 Å². The van der Waals surface area contributed by atoms with Crippen molar-refractivity contribution in [2.75, 3.05) is 5.32 Å². The maximum Gasteiger partial charge on any atom is 0.134 e. The van der Waals surface area contributed by atoms with E-state index in [2.05, 4.69) is 72.1 Å². The normalized spacial score (nSPS) is 20.5. The van der Waals surface area contributed by atoms with Crippen molar-refractivity contribution < 1.29 is 0 Å². The van der Waals surface area contributed by atoms with E-state index in [0.29, 0.717) is 16.9 Å². The number of benzene rings is 1. The van der Waals surface area contributed by atoms with Crippen LogP contribution in [0, 0.1) is 10.8 Å². The molecule has 0 bridgehead atoms. The van der Waals surface area contributed by atoms with Crippen molar-refractivity contribution in [1.29, 1.82) is 0 Å². The molecule has 2 nitrogen and oxygen atoms in total. The van der Waals surface area contributed by atoms with Crippen LogP contribution in [0.15, 0.2) is 34.9 Å². The van der Waals surface area contributed by atoms with Crippen LogP contribution in [-0.2, 0) is 0 Å². The van der Waals surface area contributed by atoms with Gasteiger partial charge in [-0.2, -0.15) is 0 Å². The molecular weight excluding hydrogens is 300 g/mol. The molecule has 1 heterocycles. The first-order valence-electron chi connectivity index (χ1n) is 6.65. The van der Waals surface area contributed by atoms with E-state index in [4.69, 9.17) is 0 Å². The zero-order valence-electron chi connectivity index (χ0n) is 11.8. The van der Waals surface area contributed by atoms with Crippen LogP contribution in [0.3, 0.4) is 0 Å². The minimum Gasteiger partial charge on any atom is -0.366 e. The summed E-state index contributed by atoms with van der Waals surface area (Å²) in [5.74, 6) is 0.988. The van der Waals surface area contributed by atoms with Gasteiger partial charge in [0.2, 0.25) is 0 Å². The first-order valence-corrected chi connectivity index (χ1v) is 7.45. The van der Waals surface area contributed by atoms with Crippen molar-refractivity contribution in [3.8, 4) is 0 Å². The quantitative estimate of drug-likeness (QED) is 0.856. The Kier molecular flexibility index (Phi) is 2.69. The van der Waals surface area contributed by atoms with Gasteiger partial charge in [0, 0.05) is 27.5 Å². The maximum atomic E-state index is 4.53. The third-order valence-electron chi connectivity index (χ3n) is 5.05. The van der Waals surface area contributed by atoms with Gasteiger partial charge in [-0.25, -0.2) is 4.98 Å². The molecule has 0 spiro atoms. The summed E-state index contributed by atoms with van der Waals surface area (Å²) in [7, 11) is 0. The Morgan fingerprint density at radius 2 is 1.74 bits per heavy atom. The second-order valence-electron chi connectivity index (χ2n) is 6.52. The van der Waals surface area contributed by atoms with Crippen molar-refractivity contribution in [1.82, 2.24) is 4.98 Å². The van der Waals surface area contributed by atoms with Crippen LogP contribution in [0.2, 0.25) is 0 Å². The second kappa shape index (κ2) is 3.95. The van der Waals surface area contributed by atoms with Gasteiger partial charge in [-0.3, -0.25) is 0 Å². The highest BCUT2D eigenvalue weighted by atomic mass is 79.9. The molecule has 3 heteroatoms. The maximum absolute atomic E-state index is 4.53. The van der Waals surface area contributed by atoms with E-state index < -0.39 is 0 Å². The van der Waals surface area contributed by atoms with Gasteiger partial charge < -0.3 is 5.32 Å². The second-order valence-corrected chi connectivity index (χ2v) is 7.37. The molecule has 0 radical (unpaired) electrons. The number of fused-ring (bicyclic) bond motifs is 1. The molecule has 100 valence electrons. The Hall–Kier alpha value is -1.09. The Morgan fingerprint density at radius 3 is 2.37 bits per heavy atom. The van der Waals surface area contributed by atoms with Crippen molar-refractivity contribution in [2.45, 2.75) is 33.7 Å². The van der Waals surface area contributed by atoms with E-state index in [1.54, 1.807) is 0 Å². The lowest BCUT2D eigenvalue weighted by Crippen LogP contribution is -2.11. The fourth-order valence-electron chi connectivity index (χ4n) is 2.98. The predicted octanol–water partition coefficient (Wildman–Crippen LogP) is 4.84. The molecule has 0 saturated heterocycles. The van der Waals surface area contributed by atoms with Gasteiger partial charge in [0.25, 0.3) is 0 Å². The van der Waals surface area contributed by atoms with Gasteiger partial charge in [-0.15, -0.1) is 0 Å². The SMILES string of the molecule is CC1(C)C(Nc2nccc3c(Br)cccc23)C1(C)C. The largest absolute Gasteiger partial charge is 0.366 e. The van der Waals surface area contributed by atoms with Crippen molar-refractivity contribution >= 4 is 32.5 Å². The van der Waals surface area contributed by atoms with E-state index in [1.807, 2.05) is 12.3 Å². The standard InChI is InChI=1S/C16H19BrN2/c1-15(2)14(16(15,3)4)19-13-11-6-5-7-12(17)10(11)8-9-18-13/h5-9,14H,1-4H3,(H,18,19). The third-order valence-corrected chi connectivity index (χ3v) is 5.75. The van der Waals surface area contributed by atoms with Gasteiger partial charge >= 0.3 is 0 Å². The highest BCUT2D eigenvalue weighted by Gasteiger charge is 2.65. The Labute approximate surface area is 122 Å². The number of aromatic nitrogens is 1. The van der Waals surface area contributed by atoms with Crippen LogP contribution in [0.5, 0.6) is 0 Å². The van der Waals surface area contributed by atoms with E-state index >= 15 is 0 Å². The lowest BCUT2D eigenvalue weighted by Gasteiger charge is -2.11. The topological polar surface area (TPSA) is 24.9 Å². The molecule has 0 aliphatic heterocycles. The molecule has 19 heavy (non-hydrogen) atoms. The highest BCUT2D eigenvalue weighted by molar-refractivity contribution is 9.10. The van der Waals surface area contributed by atoms with Crippen LogP contribution in [0.1, 0.15) is 27.7 Å².